The van der Waals surface area contributed by atoms with E-state index in [0.29, 0.717) is 23.5 Å². The molecule has 0 unspecified atom stereocenters. The molecule has 0 aliphatic heterocycles. The van der Waals surface area contributed by atoms with Gasteiger partial charge in [0.1, 0.15) is 5.75 Å². The molecule has 2 aromatic carbocycles. The van der Waals surface area contributed by atoms with Crippen molar-refractivity contribution in [3.8, 4) is 5.75 Å². The van der Waals surface area contributed by atoms with Crippen LogP contribution in [0, 0.1) is 0 Å². The third-order valence-electron chi connectivity index (χ3n) is 4.47. The number of rotatable bonds is 5. The summed E-state index contributed by atoms with van der Waals surface area (Å²) in [5.41, 5.74) is 2.85. The number of ether oxygens (including phenoxy) is 1. The molecule has 0 saturated heterocycles. The largest absolute Gasteiger partial charge is 0.494 e. The van der Waals surface area contributed by atoms with Crippen molar-refractivity contribution in [3.05, 3.63) is 71.0 Å². The Morgan fingerprint density at radius 3 is 2.54 bits per heavy atom. The molecule has 0 radical (unpaired) electrons. The second-order valence-corrected chi connectivity index (χ2v) is 8.60. The highest BCUT2D eigenvalue weighted by Crippen LogP contribution is 2.24. The van der Waals surface area contributed by atoms with E-state index in [1.165, 1.54) is 16.9 Å². The van der Waals surface area contributed by atoms with Gasteiger partial charge in [0.25, 0.3) is 5.91 Å². The summed E-state index contributed by atoms with van der Waals surface area (Å²) in [4.78, 5) is 17.8. The van der Waals surface area contributed by atoms with Crippen LogP contribution >= 0.6 is 11.3 Å². The van der Waals surface area contributed by atoms with Crippen LogP contribution in [0.1, 0.15) is 43.6 Å². The molecule has 3 rings (SSSR count). The van der Waals surface area contributed by atoms with Gasteiger partial charge in [0, 0.05) is 12.1 Å². The van der Waals surface area contributed by atoms with Crippen LogP contribution in [0.2, 0.25) is 0 Å². The van der Waals surface area contributed by atoms with Gasteiger partial charge in [0.05, 0.1) is 16.8 Å². The molecule has 0 aliphatic carbocycles. The van der Waals surface area contributed by atoms with Gasteiger partial charge in [-0.2, -0.15) is 4.99 Å². The summed E-state index contributed by atoms with van der Waals surface area (Å²) in [6.07, 6.45) is 1.81. The van der Waals surface area contributed by atoms with Crippen LogP contribution in [0.5, 0.6) is 5.75 Å². The second kappa shape index (κ2) is 8.15. The monoisotopic (exact) mass is 394 g/mol. The zero-order valence-electron chi connectivity index (χ0n) is 16.9. The molecule has 3 aromatic rings. The molecule has 0 aliphatic rings. The van der Waals surface area contributed by atoms with Crippen molar-refractivity contribution in [2.24, 2.45) is 4.99 Å². The zero-order valence-corrected chi connectivity index (χ0v) is 17.7. The summed E-state index contributed by atoms with van der Waals surface area (Å²) in [5, 5.41) is 0. The van der Waals surface area contributed by atoms with E-state index in [2.05, 4.69) is 32.3 Å². The number of amides is 1. The fraction of sp³-hybridized carbons (Fsp3) is 0.304. The van der Waals surface area contributed by atoms with Gasteiger partial charge in [0.15, 0.2) is 4.80 Å². The lowest BCUT2D eigenvalue weighted by molar-refractivity contribution is 0.0998. The van der Waals surface area contributed by atoms with E-state index in [1.807, 2.05) is 60.0 Å². The molecule has 0 spiro atoms. The van der Waals surface area contributed by atoms with Crippen LogP contribution in [0.3, 0.4) is 0 Å². The summed E-state index contributed by atoms with van der Waals surface area (Å²) in [5.74, 6) is 0.576. The maximum absolute atomic E-state index is 12.8. The number of fused-ring (bicyclic) bond motifs is 1. The van der Waals surface area contributed by atoms with E-state index in [4.69, 9.17) is 4.74 Å². The van der Waals surface area contributed by atoms with Crippen LogP contribution in [0.15, 0.2) is 60.1 Å². The number of thiazole rings is 1. The fourth-order valence-electron chi connectivity index (χ4n) is 2.97. The van der Waals surface area contributed by atoms with Crippen LogP contribution in [0.25, 0.3) is 10.2 Å². The third kappa shape index (κ3) is 4.25. The van der Waals surface area contributed by atoms with Crippen molar-refractivity contribution in [2.45, 2.75) is 39.7 Å². The number of aromatic nitrogens is 1. The van der Waals surface area contributed by atoms with Gasteiger partial charge in [-0.1, -0.05) is 50.3 Å². The predicted octanol–water partition coefficient (Wildman–Crippen LogP) is 5.33. The molecule has 1 amide bonds. The van der Waals surface area contributed by atoms with E-state index < -0.39 is 0 Å². The molecule has 4 nitrogen and oxygen atoms in total. The van der Waals surface area contributed by atoms with Crippen molar-refractivity contribution in [3.63, 3.8) is 0 Å². The average molecular weight is 395 g/mol. The molecule has 28 heavy (non-hydrogen) atoms. The normalized spacial score (nSPS) is 12.4. The number of carbonyl (C=O) groups excluding carboxylic acids is 1. The van der Waals surface area contributed by atoms with Crippen LogP contribution in [0.4, 0.5) is 0 Å². The number of allylic oxidation sites excluding steroid dienone is 1. The predicted molar refractivity (Wildman–Crippen MR) is 116 cm³/mol. The van der Waals surface area contributed by atoms with Crippen molar-refractivity contribution < 1.29 is 9.53 Å². The van der Waals surface area contributed by atoms with Gasteiger partial charge in [-0.25, -0.2) is 0 Å². The van der Waals surface area contributed by atoms with Gasteiger partial charge in [-0.05, 0) is 48.2 Å². The Hall–Kier alpha value is -2.66. The summed E-state index contributed by atoms with van der Waals surface area (Å²) in [7, 11) is 0. The van der Waals surface area contributed by atoms with Gasteiger partial charge in [0.2, 0.25) is 0 Å². The van der Waals surface area contributed by atoms with Gasteiger partial charge in [-0.3, -0.25) is 4.79 Å². The SMILES string of the molecule is C=CCn1c(=NC(=O)c2ccc(C(C)(C)C)cc2)sc2cc(OCC)ccc21. The summed E-state index contributed by atoms with van der Waals surface area (Å²) >= 11 is 1.48. The first-order valence-corrected chi connectivity index (χ1v) is 10.2. The van der Waals surface area contributed by atoms with Gasteiger partial charge in [-0.15, -0.1) is 6.58 Å². The van der Waals surface area contributed by atoms with Crippen LogP contribution in [-0.4, -0.2) is 17.1 Å². The quantitative estimate of drug-likeness (QED) is 0.549. The van der Waals surface area contributed by atoms with Crippen molar-refractivity contribution >= 4 is 27.5 Å². The fourth-order valence-corrected chi connectivity index (χ4v) is 4.03. The Morgan fingerprint density at radius 1 is 1.21 bits per heavy atom. The van der Waals surface area contributed by atoms with E-state index in [9.17, 15) is 4.79 Å². The minimum atomic E-state index is -0.241. The van der Waals surface area contributed by atoms with E-state index in [1.54, 1.807) is 0 Å². The molecule has 0 bridgehead atoms. The number of benzene rings is 2. The molecular weight excluding hydrogens is 368 g/mol. The molecule has 1 aromatic heterocycles. The number of carbonyl (C=O) groups is 1. The molecule has 0 N–H and O–H groups in total. The Morgan fingerprint density at radius 2 is 1.93 bits per heavy atom. The Bertz CT molecular complexity index is 1070. The molecule has 146 valence electrons. The lowest BCUT2D eigenvalue weighted by atomic mass is 9.87. The lowest BCUT2D eigenvalue weighted by Crippen LogP contribution is -2.16. The maximum Gasteiger partial charge on any atom is 0.279 e. The van der Waals surface area contributed by atoms with Crippen molar-refractivity contribution in [1.29, 1.82) is 0 Å². The Labute approximate surface area is 169 Å². The highest BCUT2D eigenvalue weighted by atomic mass is 32.1. The number of hydrogen-bond acceptors (Lipinski definition) is 3. The second-order valence-electron chi connectivity index (χ2n) is 7.59. The molecule has 1 heterocycles. The first-order chi connectivity index (χ1) is 13.3. The topological polar surface area (TPSA) is 43.6 Å². The van der Waals surface area contributed by atoms with Crippen LogP contribution in [-0.2, 0) is 12.0 Å². The highest BCUT2D eigenvalue weighted by Gasteiger charge is 2.14. The number of hydrogen-bond donors (Lipinski definition) is 0. The lowest BCUT2D eigenvalue weighted by Gasteiger charge is -2.18. The Balaban J connectivity index is 2.03. The van der Waals surface area contributed by atoms with Gasteiger partial charge >= 0.3 is 0 Å². The standard InChI is InChI=1S/C23H26N2O2S/c1-6-14-25-19-13-12-18(27-7-2)15-20(19)28-22(25)24-21(26)16-8-10-17(11-9-16)23(3,4)5/h6,8-13,15H,1,7,14H2,2-5H3. The van der Waals surface area contributed by atoms with E-state index in [0.717, 1.165) is 16.0 Å². The Kier molecular flexibility index (Phi) is 5.84. The minimum absolute atomic E-state index is 0.0510. The minimum Gasteiger partial charge on any atom is -0.494 e. The first-order valence-electron chi connectivity index (χ1n) is 9.40. The smallest absolute Gasteiger partial charge is 0.279 e. The molecule has 0 fully saturated rings. The zero-order chi connectivity index (χ0) is 20.3. The average Bonchev–Trinajstić information content (AvgIpc) is 2.98. The molecule has 0 saturated carbocycles. The highest BCUT2D eigenvalue weighted by molar-refractivity contribution is 7.16. The van der Waals surface area contributed by atoms with Crippen molar-refractivity contribution in [2.75, 3.05) is 6.61 Å². The molecule has 0 atom stereocenters. The van der Waals surface area contributed by atoms with E-state index in [-0.39, 0.29) is 11.3 Å². The van der Waals surface area contributed by atoms with Crippen molar-refractivity contribution in [1.82, 2.24) is 4.57 Å². The summed E-state index contributed by atoms with van der Waals surface area (Å²) in [6.45, 7) is 13.5. The third-order valence-corrected chi connectivity index (χ3v) is 5.51. The number of nitrogens with zero attached hydrogens (tertiary/aromatic N) is 2. The first kappa shape index (κ1) is 20.1. The maximum atomic E-state index is 12.8. The molecular formula is C23H26N2O2S. The van der Waals surface area contributed by atoms with Crippen LogP contribution < -0.4 is 9.54 Å². The molecule has 5 heteroatoms. The summed E-state index contributed by atoms with van der Waals surface area (Å²) < 4.78 is 8.63. The van der Waals surface area contributed by atoms with E-state index >= 15 is 0 Å². The summed E-state index contributed by atoms with van der Waals surface area (Å²) in [6, 6.07) is 13.6. The van der Waals surface area contributed by atoms with Gasteiger partial charge < -0.3 is 9.30 Å².